The highest BCUT2D eigenvalue weighted by Gasteiger charge is 2.23. The van der Waals surface area contributed by atoms with Gasteiger partial charge in [-0.2, -0.15) is 0 Å². The van der Waals surface area contributed by atoms with Gasteiger partial charge in [0, 0.05) is 42.4 Å². The maximum atomic E-state index is 12.5. The van der Waals surface area contributed by atoms with Crippen LogP contribution in [0.5, 0.6) is 11.5 Å². The number of phenols is 2. The Hall–Kier alpha value is -3.12. The number of benzene rings is 2. The van der Waals surface area contributed by atoms with Crippen LogP contribution in [0.4, 0.5) is 0 Å². The van der Waals surface area contributed by atoms with Crippen LogP contribution in [0.2, 0.25) is 0 Å². The first-order valence-electron chi connectivity index (χ1n) is 8.92. The number of phenolic OH excluding ortho intramolecular Hbond substituents is 2. The predicted molar refractivity (Wildman–Crippen MR) is 103 cm³/mol. The van der Waals surface area contributed by atoms with Crippen molar-refractivity contribution in [1.82, 2.24) is 14.9 Å². The first kappa shape index (κ1) is 17.3. The molecular formula is C21H21N3O3. The maximum Gasteiger partial charge on any atom is 0.254 e. The molecule has 0 saturated carbocycles. The molecule has 138 valence electrons. The zero-order valence-corrected chi connectivity index (χ0v) is 15.1. The fraction of sp³-hybridized carbons (Fsp3) is 0.238. The number of aromatic amines is 1. The van der Waals surface area contributed by atoms with Crippen molar-refractivity contribution in [3.63, 3.8) is 0 Å². The summed E-state index contributed by atoms with van der Waals surface area (Å²) < 4.78 is 0. The third-order valence-corrected chi connectivity index (χ3v) is 5.02. The average molecular weight is 363 g/mol. The van der Waals surface area contributed by atoms with E-state index in [1.807, 2.05) is 37.3 Å². The number of fused-ring (bicyclic) bond motifs is 1. The van der Waals surface area contributed by atoms with Crippen LogP contribution in [0.15, 0.2) is 47.3 Å². The molecule has 0 aliphatic carbocycles. The monoisotopic (exact) mass is 363 g/mol. The molecule has 0 unspecified atom stereocenters. The Balaban J connectivity index is 1.63. The minimum absolute atomic E-state index is 0.0541. The summed E-state index contributed by atoms with van der Waals surface area (Å²) in [5, 5.41) is 19.8. The highest BCUT2D eigenvalue weighted by atomic mass is 16.3. The lowest BCUT2D eigenvalue weighted by atomic mass is 10.0. The summed E-state index contributed by atoms with van der Waals surface area (Å²) in [5.41, 5.74) is 3.92. The van der Waals surface area contributed by atoms with Crippen LogP contribution in [-0.2, 0) is 19.5 Å². The molecule has 1 aromatic heterocycles. The molecule has 0 spiro atoms. The molecule has 0 bridgehead atoms. The van der Waals surface area contributed by atoms with Gasteiger partial charge in [0.05, 0.1) is 5.69 Å². The van der Waals surface area contributed by atoms with E-state index in [4.69, 9.17) is 4.98 Å². The highest BCUT2D eigenvalue weighted by molar-refractivity contribution is 5.54. The van der Waals surface area contributed by atoms with Gasteiger partial charge in [0.15, 0.2) is 0 Å². The Morgan fingerprint density at radius 1 is 1.19 bits per heavy atom. The minimum atomic E-state index is -0.0813. The molecule has 6 nitrogen and oxygen atoms in total. The number of aryl methyl sites for hydroxylation is 1. The number of hydrogen-bond donors (Lipinski definition) is 3. The summed E-state index contributed by atoms with van der Waals surface area (Å²) in [6, 6.07) is 12.6. The second-order valence-corrected chi connectivity index (χ2v) is 6.93. The summed E-state index contributed by atoms with van der Waals surface area (Å²) in [6.07, 6.45) is 0.616. The van der Waals surface area contributed by atoms with E-state index in [0.29, 0.717) is 31.9 Å². The standard InChI is InChI=1S/C21H21N3O3/c1-13-9-15(25)10-19(26)17(13)11-24-8-7-16-18(12-24)22-20(23-21(16)27)14-5-3-2-4-6-14/h2-6,9-10,25-26H,7-8,11-12H2,1H3,(H,22,23,27). The van der Waals surface area contributed by atoms with Crippen molar-refractivity contribution >= 4 is 0 Å². The van der Waals surface area contributed by atoms with Gasteiger partial charge in [-0.05, 0) is 25.0 Å². The third kappa shape index (κ3) is 3.44. The molecule has 2 heterocycles. The van der Waals surface area contributed by atoms with Gasteiger partial charge in [-0.3, -0.25) is 9.69 Å². The van der Waals surface area contributed by atoms with E-state index in [-0.39, 0.29) is 17.1 Å². The lowest BCUT2D eigenvalue weighted by molar-refractivity contribution is 0.237. The SMILES string of the molecule is Cc1cc(O)cc(O)c1CN1CCc2c(nc(-c3ccccc3)[nH]c2=O)C1. The summed E-state index contributed by atoms with van der Waals surface area (Å²) >= 11 is 0. The molecule has 0 atom stereocenters. The summed E-state index contributed by atoms with van der Waals surface area (Å²) in [6.45, 7) is 3.65. The van der Waals surface area contributed by atoms with Gasteiger partial charge < -0.3 is 15.2 Å². The quantitative estimate of drug-likeness (QED) is 0.666. The van der Waals surface area contributed by atoms with Crippen LogP contribution in [-0.4, -0.2) is 31.6 Å². The molecule has 4 rings (SSSR count). The van der Waals surface area contributed by atoms with Gasteiger partial charge in [0.1, 0.15) is 17.3 Å². The average Bonchev–Trinajstić information content (AvgIpc) is 2.65. The van der Waals surface area contributed by atoms with Crippen molar-refractivity contribution < 1.29 is 10.2 Å². The number of hydrogen-bond acceptors (Lipinski definition) is 5. The predicted octanol–water partition coefficient (Wildman–Crippen LogP) is 2.71. The van der Waals surface area contributed by atoms with Crippen molar-refractivity contribution in [3.05, 3.63) is 75.2 Å². The van der Waals surface area contributed by atoms with Crippen molar-refractivity contribution in [2.24, 2.45) is 0 Å². The van der Waals surface area contributed by atoms with Gasteiger partial charge >= 0.3 is 0 Å². The molecule has 27 heavy (non-hydrogen) atoms. The first-order valence-corrected chi connectivity index (χ1v) is 8.92. The highest BCUT2D eigenvalue weighted by Crippen LogP contribution is 2.29. The normalized spacial score (nSPS) is 14.1. The third-order valence-electron chi connectivity index (χ3n) is 5.02. The van der Waals surface area contributed by atoms with E-state index in [1.54, 1.807) is 6.07 Å². The lowest BCUT2D eigenvalue weighted by Crippen LogP contribution is -2.35. The van der Waals surface area contributed by atoms with Gasteiger partial charge in [0.25, 0.3) is 5.56 Å². The molecule has 1 aliphatic rings. The van der Waals surface area contributed by atoms with E-state index >= 15 is 0 Å². The maximum absolute atomic E-state index is 12.5. The van der Waals surface area contributed by atoms with Gasteiger partial charge in [0.2, 0.25) is 0 Å². The Morgan fingerprint density at radius 3 is 2.70 bits per heavy atom. The van der Waals surface area contributed by atoms with Gasteiger partial charge in [-0.15, -0.1) is 0 Å². The van der Waals surface area contributed by atoms with Crippen LogP contribution in [0.3, 0.4) is 0 Å². The minimum Gasteiger partial charge on any atom is -0.508 e. The Bertz CT molecular complexity index is 1020. The van der Waals surface area contributed by atoms with Crippen molar-refractivity contribution in [1.29, 1.82) is 0 Å². The number of rotatable bonds is 3. The molecule has 0 saturated heterocycles. The fourth-order valence-electron chi connectivity index (χ4n) is 3.57. The number of aromatic nitrogens is 2. The molecular weight excluding hydrogens is 342 g/mol. The fourth-order valence-corrected chi connectivity index (χ4v) is 3.57. The zero-order valence-electron chi connectivity index (χ0n) is 15.1. The zero-order chi connectivity index (χ0) is 19.0. The Morgan fingerprint density at radius 2 is 1.96 bits per heavy atom. The molecule has 0 radical (unpaired) electrons. The van der Waals surface area contributed by atoms with E-state index in [2.05, 4.69) is 9.88 Å². The van der Waals surface area contributed by atoms with E-state index in [0.717, 1.165) is 27.9 Å². The van der Waals surface area contributed by atoms with E-state index in [1.165, 1.54) is 6.07 Å². The number of aromatic hydroxyl groups is 2. The number of nitrogens with zero attached hydrogens (tertiary/aromatic N) is 2. The second-order valence-electron chi connectivity index (χ2n) is 6.93. The summed E-state index contributed by atoms with van der Waals surface area (Å²) in [5.74, 6) is 0.713. The van der Waals surface area contributed by atoms with E-state index in [9.17, 15) is 15.0 Å². The lowest BCUT2D eigenvalue weighted by Gasteiger charge is -2.28. The molecule has 2 aromatic carbocycles. The van der Waals surface area contributed by atoms with Crippen molar-refractivity contribution in [2.75, 3.05) is 6.54 Å². The number of nitrogens with one attached hydrogen (secondary N) is 1. The molecule has 3 N–H and O–H groups in total. The number of H-pyrrole nitrogens is 1. The summed E-state index contributed by atoms with van der Waals surface area (Å²) in [4.78, 5) is 22.2. The van der Waals surface area contributed by atoms with Crippen molar-refractivity contribution in [3.8, 4) is 22.9 Å². The van der Waals surface area contributed by atoms with Crippen LogP contribution < -0.4 is 5.56 Å². The smallest absolute Gasteiger partial charge is 0.254 e. The van der Waals surface area contributed by atoms with Gasteiger partial charge in [-0.25, -0.2) is 4.98 Å². The molecule has 0 fully saturated rings. The second kappa shape index (κ2) is 6.89. The molecule has 3 aromatic rings. The molecule has 0 amide bonds. The largest absolute Gasteiger partial charge is 0.508 e. The molecule has 1 aliphatic heterocycles. The van der Waals surface area contributed by atoms with Crippen LogP contribution in [0, 0.1) is 6.92 Å². The van der Waals surface area contributed by atoms with Crippen LogP contribution >= 0.6 is 0 Å². The van der Waals surface area contributed by atoms with Crippen LogP contribution in [0.1, 0.15) is 22.4 Å². The molecule has 6 heteroatoms. The first-order chi connectivity index (χ1) is 13.0. The Labute approximate surface area is 156 Å². The van der Waals surface area contributed by atoms with Gasteiger partial charge in [-0.1, -0.05) is 30.3 Å². The summed E-state index contributed by atoms with van der Waals surface area (Å²) in [7, 11) is 0. The Kier molecular flexibility index (Phi) is 4.41. The topological polar surface area (TPSA) is 89.4 Å². The van der Waals surface area contributed by atoms with E-state index < -0.39 is 0 Å². The van der Waals surface area contributed by atoms with Crippen LogP contribution in [0.25, 0.3) is 11.4 Å². The van der Waals surface area contributed by atoms with Crippen molar-refractivity contribution in [2.45, 2.75) is 26.4 Å².